The molecule has 1 unspecified atom stereocenters. The second-order valence-corrected chi connectivity index (χ2v) is 4.85. The molecule has 0 saturated heterocycles. The van der Waals surface area contributed by atoms with E-state index < -0.39 is 12.0 Å². The number of ether oxygens (including phenoxy) is 1. The zero-order chi connectivity index (χ0) is 16.3. The molecule has 0 heterocycles. The average molecular weight is 300 g/mol. The van der Waals surface area contributed by atoms with Crippen LogP contribution in [0.1, 0.15) is 46.5 Å². The second kappa shape index (κ2) is 10.8. The molecule has 0 aromatic heterocycles. The molecule has 0 aliphatic rings. The van der Waals surface area contributed by atoms with Crippen molar-refractivity contribution in [2.24, 2.45) is 0 Å². The number of hydrogen-bond donors (Lipinski definition) is 2. The van der Waals surface area contributed by atoms with Gasteiger partial charge in [0.05, 0.1) is 6.54 Å². The number of unbranched alkanes of at least 4 members (excludes halogenated alkanes) is 1. The Hall–Kier alpha value is -1.92. The standard InChI is InChI=1S/C14H24N2O5/c1-10(17)6-4-5-7-13(16-12(3)19)14(20)21-9-8-15-11(2)18/h13H,4-9H2,1-3H3,(H,15,18)(H,16,19). The number of carbonyl (C=O) groups excluding carboxylic acids is 4. The Labute approximate surface area is 124 Å². The molecule has 1 atom stereocenters. The summed E-state index contributed by atoms with van der Waals surface area (Å²) in [6.07, 6.45) is 2.20. The molecule has 2 N–H and O–H groups in total. The van der Waals surface area contributed by atoms with Crippen molar-refractivity contribution in [3.8, 4) is 0 Å². The summed E-state index contributed by atoms with van der Waals surface area (Å²) in [6, 6.07) is -0.716. The van der Waals surface area contributed by atoms with Gasteiger partial charge >= 0.3 is 5.97 Å². The minimum Gasteiger partial charge on any atom is -0.462 e. The van der Waals surface area contributed by atoms with Crippen molar-refractivity contribution in [2.75, 3.05) is 13.2 Å². The van der Waals surface area contributed by atoms with Gasteiger partial charge in [0.25, 0.3) is 0 Å². The van der Waals surface area contributed by atoms with Gasteiger partial charge in [-0.2, -0.15) is 0 Å². The maximum absolute atomic E-state index is 11.8. The molecule has 0 fully saturated rings. The van der Waals surface area contributed by atoms with E-state index >= 15 is 0 Å². The molecule has 0 aliphatic carbocycles. The van der Waals surface area contributed by atoms with E-state index in [1.165, 1.54) is 20.8 Å². The normalized spacial score (nSPS) is 11.4. The van der Waals surface area contributed by atoms with Crippen LogP contribution in [-0.4, -0.2) is 42.8 Å². The van der Waals surface area contributed by atoms with Gasteiger partial charge in [-0.3, -0.25) is 9.59 Å². The fraction of sp³-hybridized carbons (Fsp3) is 0.714. The molecule has 0 bridgehead atoms. The molecule has 0 aromatic carbocycles. The molecular weight excluding hydrogens is 276 g/mol. The highest BCUT2D eigenvalue weighted by molar-refractivity contribution is 5.83. The summed E-state index contributed by atoms with van der Waals surface area (Å²) in [4.78, 5) is 44.4. The predicted octanol–water partition coefficient (Wildman–Crippen LogP) is 0.320. The van der Waals surface area contributed by atoms with Crippen molar-refractivity contribution in [3.63, 3.8) is 0 Å². The second-order valence-electron chi connectivity index (χ2n) is 4.85. The largest absolute Gasteiger partial charge is 0.462 e. The number of ketones is 1. The Morgan fingerprint density at radius 1 is 1.00 bits per heavy atom. The third-order valence-electron chi connectivity index (χ3n) is 2.65. The molecule has 7 heteroatoms. The molecule has 0 rings (SSSR count). The SMILES string of the molecule is CC(=O)CCCCC(NC(C)=O)C(=O)OCCNC(C)=O. The summed E-state index contributed by atoms with van der Waals surface area (Å²) in [6.45, 7) is 4.51. The Balaban J connectivity index is 4.12. The molecule has 0 aliphatic heterocycles. The maximum atomic E-state index is 11.8. The highest BCUT2D eigenvalue weighted by Gasteiger charge is 2.20. The minimum atomic E-state index is -0.716. The molecule has 21 heavy (non-hydrogen) atoms. The Morgan fingerprint density at radius 3 is 2.19 bits per heavy atom. The van der Waals surface area contributed by atoms with Crippen LogP contribution in [0.3, 0.4) is 0 Å². The molecule has 7 nitrogen and oxygen atoms in total. The third kappa shape index (κ3) is 11.6. The number of rotatable bonds is 10. The van der Waals surface area contributed by atoms with Gasteiger partial charge < -0.3 is 20.2 Å². The van der Waals surface area contributed by atoms with Crippen LogP contribution < -0.4 is 10.6 Å². The summed E-state index contributed by atoms with van der Waals surface area (Å²) >= 11 is 0. The van der Waals surface area contributed by atoms with Crippen LogP contribution in [0.5, 0.6) is 0 Å². The Morgan fingerprint density at radius 2 is 1.67 bits per heavy atom. The monoisotopic (exact) mass is 300 g/mol. The van der Waals surface area contributed by atoms with Gasteiger partial charge in [0.15, 0.2) is 0 Å². The molecule has 0 saturated carbocycles. The Kier molecular flexibility index (Phi) is 9.83. The number of amides is 2. The first kappa shape index (κ1) is 19.1. The highest BCUT2D eigenvalue weighted by atomic mass is 16.5. The van der Waals surface area contributed by atoms with Gasteiger partial charge in [0, 0.05) is 20.3 Å². The molecule has 0 aromatic rings. The van der Waals surface area contributed by atoms with Crippen molar-refractivity contribution < 1.29 is 23.9 Å². The first-order chi connectivity index (χ1) is 9.82. The van der Waals surface area contributed by atoms with Gasteiger partial charge in [-0.05, 0) is 19.8 Å². The molecule has 2 amide bonds. The van der Waals surface area contributed by atoms with E-state index in [0.29, 0.717) is 25.7 Å². The number of nitrogens with one attached hydrogen (secondary N) is 2. The predicted molar refractivity (Wildman–Crippen MR) is 76.4 cm³/mol. The van der Waals surface area contributed by atoms with Crippen LogP contribution >= 0.6 is 0 Å². The maximum Gasteiger partial charge on any atom is 0.328 e. The van der Waals surface area contributed by atoms with Gasteiger partial charge in [-0.25, -0.2) is 4.79 Å². The molecular formula is C14H24N2O5. The third-order valence-corrected chi connectivity index (χ3v) is 2.65. The number of carbonyl (C=O) groups is 4. The molecule has 0 radical (unpaired) electrons. The van der Waals surface area contributed by atoms with E-state index in [1.807, 2.05) is 0 Å². The lowest BCUT2D eigenvalue weighted by Crippen LogP contribution is -2.41. The fourth-order valence-corrected chi connectivity index (χ4v) is 1.70. The molecule has 120 valence electrons. The first-order valence-corrected chi connectivity index (χ1v) is 7.00. The Bertz CT molecular complexity index is 382. The van der Waals surface area contributed by atoms with Crippen molar-refractivity contribution in [3.05, 3.63) is 0 Å². The van der Waals surface area contributed by atoms with E-state index in [2.05, 4.69) is 10.6 Å². The summed E-state index contributed by atoms with van der Waals surface area (Å²) in [5.41, 5.74) is 0. The number of hydrogen-bond acceptors (Lipinski definition) is 5. The minimum absolute atomic E-state index is 0.0575. The van der Waals surface area contributed by atoms with Gasteiger partial charge in [-0.1, -0.05) is 6.42 Å². The van der Waals surface area contributed by atoms with Crippen LogP contribution in [0.2, 0.25) is 0 Å². The number of Topliss-reactive ketones (excluding diaryl/α,β-unsaturated/α-hetero) is 1. The van der Waals surface area contributed by atoms with Crippen LogP contribution in [0, 0.1) is 0 Å². The van der Waals surface area contributed by atoms with Gasteiger partial charge in [0.2, 0.25) is 11.8 Å². The van der Waals surface area contributed by atoms with E-state index in [1.54, 1.807) is 0 Å². The molecule has 0 spiro atoms. The zero-order valence-corrected chi connectivity index (χ0v) is 12.9. The fourth-order valence-electron chi connectivity index (χ4n) is 1.70. The van der Waals surface area contributed by atoms with Crippen molar-refractivity contribution >= 4 is 23.6 Å². The topological polar surface area (TPSA) is 102 Å². The van der Waals surface area contributed by atoms with Crippen molar-refractivity contribution in [2.45, 2.75) is 52.5 Å². The lowest BCUT2D eigenvalue weighted by Gasteiger charge is -2.16. The van der Waals surface area contributed by atoms with E-state index in [-0.39, 0.29) is 30.7 Å². The van der Waals surface area contributed by atoms with Crippen LogP contribution in [0.4, 0.5) is 0 Å². The average Bonchev–Trinajstić information content (AvgIpc) is 2.37. The summed E-state index contributed by atoms with van der Waals surface area (Å²) in [5, 5.41) is 5.04. The number of esters is 1. The smallest absolute Gasteiger partial charge is 0.328 e. The van der Waals surface area contributed by atoms with Gasteiger partial charge in [-0.15, -0.1) is 0 Å². The lowest BCUT2D eigenvalue weighted by molar-refractivity contribution is -0.148. The van der Waals surface area contributed by atoms with E-state index in [0.717, 1.165) is 0 Å². The first-order valence-electron chi connectivity index (χ1n) is 7.00. The van der Waals surface area contributed by atoms with E-state index in [9.17, 15) is 19.2 Å². The highest BCUT2D eigenvalue weighted by Crippen LogP contribution is 2.06. The quantitative estimate of drug-likeness (QED) is 0.447. The van der Waals surface area contributed by atoms with Crippen LogP contribution in [0.25, 0.3) is 0 Å². The lowest BCUT2D eigenvalue weighted by atomic mass is 10.1. The van der Waals surface area contributed by atoms with Crippen molar-refractivity contribution in [1.29, 1.82) is 0 Å². The summed E-state index contributed by atoms with van der Waals surface area (Å²) in [7, 11) is 0. The zero-order valence-electron chi connectivity index (χ0n) is 12.9. The van der Waals surface area contributed by atoms with Crippen molar-refractivity contribution in [1.82, 2.24) is 10.6 Å². The summed E-state index contributed by atoms with van der Waals surface area (Å²) < 4.78 is 5.00. The van der Waals surface area contributed by atoms with E-state index in [4.69, 9.17) is 4.74 Å². The van der Waals surface area contributed by atoms with Crippen LogP contribution in [0.15, 0.2) is 0 Å². The van der Waals surface area contributed by atoms with Gasteiger partial charge in [0.1, 0.15) is 18.4 Å². The van der Waals surface area contributed by atoms with Crippen LogP contribution in [-0.2, 0) is 23.9 Å². The summed E-state index contributed by atoms with van der Waals surface area (Å²) in [5.74, 6) is -0.943.